The van der Waals surface area contributed by atoms with Crippen molar-refractivity contribution in [2.45, 2.75) is 31.8 Å². The first-order chi connectivity index (χ1) is 7.86. The van der Waals surface area contributed by atoms with Gasteiger partial charge in [-0.05, 0) is 31.6 Å². The standard InChI is InChI=1S/C11H18N4S/c12-11-9-3-4-13-6-10(9)15(14-11)8-2-1-5-16-7-8/h8,13H,1-7H2,(H2,12,14). The maximum atomic E-state index is 6.00. The van der Waals surface area contributed by atoms with Crippen molar-refractivity contribution in [1.29, 1.82) is 0 Å². The maximum absolute atomic E-state index is 6.00. The van der Waals surface area contributed by atoms with E-state index in [0.29, 0.717) is 6.04 Å². The largest absolute Gasteiger partial charge is 0.382 e. The van der Waals surface area contributed by atoms with Crippen LogP contribution in [0.3, 0.4) is 0 Å². The molecule has 1 unspecified atom stereocenters. The van der Waals surface area contributed by atoms with Gasteiger partial charge in [-0.2, -0.15) is 16.9 Å². The molecule has 0 radical (unpaired) electrons. The van der Waals surface area contributed by atoms with E-state index in [9.17, 15) is 0 Å². The van der Waals surface area contributed by atoms with Crippen LogP contribution in [0.2, 0.25) is 0 Å². The van der Waals surface area contributed by atoms with Crippen molar-refractivity contribution in [3.63, 3.8) is 0 Å². The number of fused-ring (bicyclic) bond motifs is 1. The molecular formula is C11H18N4S. The molecule has 16 heavy (non-hydrogen) atoms. The molecule has 1 saturated heterocycles. The second kappa shape index (κ2) is 4.30. The Balaban J connectivity index is 1.93. The predicted octanol–water partition coefficient (Wildman–Crippen LogP) is 1.18. The summed E-state index contributed by atoms with van der Waals surface area (Å²) in [5.74, 6) is 3.24. The van der Waals surface area contributed by atoms with Gasteiger partial charge in [-0.15, -0.1) is 0 Å². The molecule has 0 amide bonds. The zero-order valence-corrected chi connectivity index (χ0v) is 10.2. The molecule has 0 aromatic carbocycles. The van der Waals surface area contributed by atoms with E-state index in [1.54, 1.807) is 0 Å². The summed E-state index contributed by atoms with van der Waals surface area (Å²) in [5, 5.41) is 7.97. The van der Waals surface area contributed by atoms with Crippen molar-refractivity contribution in [2.75, 3.05) is 23.8 Å². The molecule has 0 bridgehead atoms. The Morgan fingerprint density at radius 2 is 2.44 bits per heavy atom. The SMILES string of the molecule is Nc1nn(C2CCCSC2)c2c1CCNC2. The smallest absolute Gasteiger partial charge is 0.149 e. The molecule has 1 aromatic rings. The third-order valence-corrected chi connectivity index (χ3v) is 4.67. The van der Waals surface area contributed by atoms with Gasteiger partial charge in [-0.1, -0.05) is 0 Å². The van der Waals surface area contributed by atoms with Gasteiger partial charge in [0.2, 0.25) is 0 Å². The number of nitrogens with one attached hydrogen (secondary N) is 1. The van der Waals surface area contributed by atoms with E-state index in [0.717, 1.165) is 25.3 Å². The van der Waals surface area contributed by atoms with Crippen molar-refractivity contribution in [3.8, 4) is 0 Å². The Kier molecular flexibility index (Phi) is 2.81. The third-order valence-electron chi connectivity index (χ3n) is 3.48. The van der Waals surface area contributed by atoms with Crippen molar-refractivity contribution in [2.24, 2.45) is 0 Å². The maximum Gasteiger partial charge on any atom is 0.149 e. The Morgan fingerprint density at radius 1 is 1.50 bits per heavy atom. The van der Waals surface area contributed by atoms with Crippen LogP contribution < -0.4 is 11.1 Å². The first kappa shape index (κ1) is 10.5. The zero-order chi connectivity index (χ0) is 11.0. The molecule has 1 atom stereocenters. The average Bonchev–Trinajstić information content (AvgIpc) is 2.69. The lowest BCUT2D eigenvalue weighted by molar-refractivity contribution is 0.429. The van der Waals surface area contributed by atoms with E-state index in [1.165, 1.54) is 35.6 Å². The number of nitrogens with two attached hydrogens (primary N) is 1. The molecule has 0 saturated carbocycles. The van der Waals surface area contributed by atoms with Gasteiger partial charge in [-0.25, -0.2) is 0 Å². The summed E-state index contributed by atoms with van der Waals surface area (Å²) < 4.78 is 2.20. The van der Waals surface area contributed by atoms with Gasteiger partial charge >= 0.3 is 0 Å². The first-order valence-electron chi connectivity index (χ1n) is 6.00. The van der Waals surface area contributed by atoms with Gasteiger partial charge in [-0.3, -0.25) is 4.68 Å². The van der Waals surface area contributed by atoms with E-state index in [1.807, 2.05) is 11.8 Å². The van der Waals surface area contributed by atoms with Gasteiger partial charge in [0.25, 0.3) is 0 Å². The molecule has 88 valence electrons. The van der Waals surface area contributed by atoms with Crippen LogP contribution in [0.25, 0.3) is 0 Å². The van der Waals surface area contributed by atoms with Crippen LogP contribution in [-0.4, -0.2) is 27.8 Å². The molecule has 1 fully saturated rings. The van der Waals surface area contributed by atoms with Gasteiger partial charge in [0.15, 0.2) is 0 Å². The highest BCUT2D eigenvalue weighted by Crippen LogP contribution is 2.30. The normalized spacial score (nSPS) is 25.4. The number of nitrogen functional groups attached to an aromatic ring is 1. The highest BCUT2D eigenvalue weighted by Gasteiger charge is 2.24. The lowest BCUT2D eigenvalue weighted by atomic mass is 10.1. The summed E-state index contributed by atoms with van der Waals surface area (Å²) >= 11 is 2.04. The summed E-state index contributed by atoms with van der Waals surface area (Å²) in [7, 11) is 0. The van der Waals surface area contributed by atoms with E-state index in [2.05, 4.69) is 15.1 Å². The summed E-state index contributed by atoms with van der Waals surface area (Å²) in [6, 6.07) is 0.560. The number of nitrogens with zero attached hydrogens (tertiary/aromatic N) is 2. The number of thioether (sulfide) groups is 1. The van der Waals surface area contributed by atoms with E-state index >= 15 is 0 Å². The Hall–Kier alpha value is -0.680. The van der Waals surface area contributed by atoms with E-state index < -0.39 is 0 Å². The number of rotatable bonds is 1. The Bertz CT molecular complexity index is 382. The van der Waals surface area contributed by atoms with Gasteiger partial charge in [0.1, 0.15) is 5.82 Å². The van der Waals surface area contributed by atoms with Crippen LogP contribution in [-0.2, 0) is 13.0 Å². The van der Waals surface area contributed by atoms with Crippen molar-refractivity contribution >= 4 is 17.6 Å². The average molecular weight is 238 g/mol. The Morgan fingerprint density at radius 3 is 3.25 bits per heavy atom. The molecule has 2 aliphatic heterocycles. The van der Waals surface area contributed by atoms with Gasteiger partial charge in [0.05, 0.1) is 11.7 Å². The number of hydrogen-bond acceptors (Lipinski definition) is 4. The lowest BCUT2D eigenvalue weighted by Crippen LogP contribution is -2.28. The summed E-state index contributed by atoms with van der Waals surface area (Å²) in [6.45, 7) is 1.96. The molecular weight excluding hydrogens is 220 g/mol. The molecule has 4 nitrogen and oxygen atoms in total. The molecule has 5 heteroatoms. The molecule has 0 aliphatic carbocycles. The van der Waals surface area contributed by atoms with E-state index in [4.69, 9.17) is 5.73 Å². The zero-order valence-electron chi connectivity index (χ0n) is 9.41. The fourth-order valence-electron chi connectivity index (χ4n) is 2.62. The molecule has 3 rings (SSSR count). The van der Waals surface area contributed by atoms with Crippen molar-refractivity contribution < 1.29 is 0 Å². The van der Waals surface area contributed by atoms with Crippen molar-refractivity contribution in [3.05, 3.63) is 11.3 Å². The number of hydrogen-bond donors (Lipinski definition) is 2. The molecule has 1 aromatic heterocycles. The highest BCUT2D eigenvalue weighted by atomic mass is 32.2. The summed E-state index contributed by atoms with van der Waals surface area (Å²) in [5.41, 5.74) is 8.62. The molecule has 3 N–H and O–H groups in total. The molecule has 0 spiro atoms. The van der Waals surface area contributed by atoms with Crippen LogP contribution >= 0.6 is 11.8 Å². The summed E-state index contributed by atoms with van der Waals surface area (Å²) in [4.78, 5) is 0. The minimum Gasteiger partial charge on any atom is -0.382 e. The number of anilines is 1. The van der Waals surface area contributed by atoms with Crippen LogP contribution in [0.5, 0.6) is 0 Å². The van der Waals surface area contributed by atoms with Gasteiger partial charge in [0, 0.05) is 17.9 Å². The lowest BCUT2D eigenvalue weighted by Gasteiger charge is -2.25. The van der Waals surface area contributed by atoms with E-state index in [-0.39, 0.29) is 0 Å². The molecule has 3 heterocycles. The van der Waals surface area contributed by atoms with Crippen LogP contribution in [0.15, 0.2) is 0 Å². The third kappa shape index (κ3) is 1.72. The fraction of sp³-hybridized carbons (Fsp3) is 0.727. The monoisotopic (exact) mass is 238 g/mol. The Labute approximate surface area is 100.0 Å². The van der Waals surface area contributed by atoms with Crippen LogP contribution in [0.1, 0.15) is 30.1 Å². The predicted molar refractivity (Wildman–Crippen MR) is 67.6 cm³/mol. The minimum atomic E-state index is 0.560. The second-order valence-electron chi connectivity index (χ2n) is 4.55. The topological polar surface area (TPSA) is 55.9 Å². The van der Waals surface area contributed by atoms with Crippen LogP contribution in [0, 0.1) is 0 Å². The van der Waals surface area contributed by atoms with Gasteiger partial charge < -0.3 is 11.1 Å². The van der Waals surface area contributed by atoms with Crippen molar-refractivity contribution in [1.82, 2.24) is 15.1 Å². The fourth-order valence-corrected chi connectivity index (χ4v) is 3.74. The second-order valence-corrected chi connectivity index (χ2v) is 5.70. The quantitative estimate of drug-likeness (QED) is 0.771. The highest BCUT2D eigenvalue weighted by molar-refractivity contribution is 7.99. The number of aromatic nitrogens is 2. The van der Waals surface area contributed by atoms with Crippen LogP contribution in [0.4, 0.5) is 5.82 Å². The minimum absolute atomic E-state index is 0.560. The molecule has 2 aliphatic rings. The first-order valence-corrected chi connectivity index (χ1v) is 7.16. The summed E-state index contributed by atoms with van der Waals surface area (Å²) in [6.07, 6.45) is 3.58.